The van der Waals surface area contributed by atoms with E-state index in [0.29, 0.717) is 12.1 Å². The number of ether oxygens (including phenoxy) is 1. The molecule has 1 unspecified atom stereocenters. The zero-order valence-electron chi connectivity index (χ0n) is 10.6. The standard InChI is InChI=1S/C11H13F2N3O4/c1-15-8(11(14)17)2-3-20-10-5-6(12)9(16(18)19)4-7(10)13/h4-5,8,15H,2-3H2,1H3,(H2,14,17). The van der Waals surface area contributed by atoms with Crippen LogP contribution in [0.2, 0.25) is 0 Å². The fourth-order valence-corrected chi connectivity index (χ4v) is 1.48. The van der Waals surface area contributed by atoms with E-state index in [1.165, 1.54) is 7.05 Å². The molecule has 0 heterocycles. The number of primary amides is 1. The van der Waals surface area contributed by atoms with E-state index in [-0.39, 0.29) is 13.0 Å². The molecule has 1 aromatic carbocycles. The predicted octanol–water partition coefficient (Wildman–Crippen LogP) is 0.715. The molecule has 9 heteroatoms. The second-order valence-corrected chi connectivity index (χ2v) is 3.87. The summed E-state index contributed by atoms with van der Waals surface area (Å²) in [6.07, 6.45) is 0.143. The van der Waals surface area contributed by atoms with E-state index in [4.69, 9.17) is 10.5 Å². The van der Waals surface area contributed by atoms with E-state index in [9.17, 15) is 23.7 Å². The highest BCUT2D eigenvalue weighted by molar-refractivity contribution is 5.79. The van der Waals surface area contributed by atoms with Gasteiger partial charge in [0.2, 0.25) is 11.7 Å². The number of nitrogens with zero attached hydrogens (tertiary/aromatic N) is 1. The Kier molecular flexibility index (Phi) is 5.32. The molecule has 0 fully saturated rings. The Morgan fingerprint density at radius 3 is 2.65 bits per heavy atom. The number of benzene rings is 1. The van der Waals surface area contributed by atoms with Crippen LogP contribution in [0.25, 0.3) is 0 Å². The third kappa shape index (κ3) is 3.85. The number of nitro groups is 1. The Labute approximate surface area is 112 Å². The maximum atomic E-state index is 13.5. The quantitative estimate of drug-likeness (QED) is 0.568. The minimum Gasteiger partial charge on any atom is -0.490 e. The molecule has 0 radical (unpaired) electrons. The molecule has 1 aromatic rings. The van der Waals surface area contributed by atoms with Crippen LogP contribution < -0.4 is 15.8 Å². The predicted molar refractivity (Wildman–Crippen MR) is 65.2 cm³/mol. The van der Waals surface area contributed by atoms with Crippen LogP contribution in [-0.4, -0.2) is 30.5 Å². The maximum Gasteiger partial charge on any atom is 0.307 e. The maximum absolute atomic E-state index is 13.5. The smallest absolute Gasteiger partial charge is 0.307 e. The summed E-state index contributed by atoms with van der Waals surface area (Å²) in [6.45, 7) is -0.109. The number of rotatable bonds is 7. The van der Waals surface area contributed by atoms with Gasteiger partial charge < -0.3 is 15.8 Å². The Balaban J connectivity index is 2.72. The molecular formula is C11H13F2N3O4. The number of halogens is 2. The highest BCUT2D eigenvalue weighted by atomic mass is 19.1. The van der Waals surface area contributed by atoms with Crippen LogP contribution >= 0.6 is 0 Å². The molecule has 0 spiro atoms. The Hall–Kier alpha value is -2.29. The van der Waals surface area contributed by atoms with Crippen LogP contribution in [0.1, 0.15) is 6.42 Å². The van der Waals surface area contributed by atoms with E-state index in [1.54, 1.807) is 0 Å². The van der Waals surface area contributed by atoms with Crippen molar-refractivity contribution < 1.29 is 23.2 Å². The highest BCUT2D eigenvalue weighted by Gasteiger charge is 2.20. The molecule has 1 amide bonds. The summed E-state index contributed by atoms with van der Waals surface area (Å²) in [5, 5.41) is 13.0. The normalized spacial score (nSPS) is 11.9. The van der Waals surface area contributed by atoms with Crippen LogP contribution in [0, 0.1) is 21.7 Å². The molecule has 20 heavy (non-hydrogen) atoms. The summed E-state index contributed by atoms with van der Waals surface area (Å²) in [7, 11) is 1.52. The molecule has 0 saturated heterocycles. The molecule has 1 rings (SSSR count). The van der Waals surface area contributed by atoms with Gasteiger partial charge in [-0.1, -0.05) is 0 Å². The molecule has 0 aliphatic rings. The second-order valence-electron chi connectivity index (χ2n) is 3.87. The fraction of sp³-hybridized carbons (Fsp3) is 0.364. The van der Waals surface area contributed by atoms with E-state index >= 15 is 0 Å². The van der Waals surface area contributed by atoms with Crippen molar-refractivity contribution in [2.24, 2.45) is 5.73 Å². The molecule has 0 aliphatic carbocycles. The first kappa shape index (κ1) is 15.8. The second kappa shape index (κ2) is 6.75. The van der Waals surface area contributed by atoms with Gasteiger partial charge in [-0.15, -0.1) is 0 Å². The molecule has 110 valence electrons. The molecule has 3 N–H and O–H groups in total. The van der Waals surface area contributed by atoms with Gasteiger partial charge in [0.1, 0.15) is 0 Å². The van der Waals surface area contributed by atoms with Crippen molar-refractivity contribution in [3.8, 4) is 5.75 Å². The average Bonchev–Trinajstić information content (AvgIpc) is 2.37. The van der Waals surface area contributed by atoms with Gasteiger partial charge in [0.15, 0.2) is 11.6 Å². The first-order valence-electron chi connectivity index (χ1n) is 5.59. The first-order chi connectivity index (χ1) is 9.36. The number of amides is 1. The zero-order valence-corrected chi connectivity index (χ0v) is 10.6. The largest absolute Gasteiger partial charge is 0.490 e. The summed E-state index contributed by atoms with van der Waals surface area (Å²) < 4.78 is 31.7. The van der Waals surface area contributed by atoms with Gasteiger partial charge in [-0.3, -0.25) is 14.9 Å². The Morgan fingerprint density at radius 2 is 2.15 bits per heavy atom. The van der Waals surface area contributed by atoms with Crippen molar-refractivity contribution in [2.45, 2.75) is 12.5 Å². The fourth-order valence-electron chi connectivity index (χ4n) is 1.48. The summed E-state index contributed by atoms with van der Waals surface area (Å²) in [5.41, 5.74) is 4.10. The number of likely N-dealkylation sites (N-methyl/N-ethyl adjacent to an activating group) is 1. The van der Waals surface area contributed by atoms with Gasteiger partial charge in [0.25, 0.3) is 0 Å². The zero-order chi connectivity index (χ0) is 15.3. The van der Waals surface area contributed by atoms with E-state index in [0.717, 1.165) is 0 Å². The number of nitro benzene ring substituents is 1. The number of nitrogens with two attached hydrogens (primary N) is 1. The van der Waals surface area contributed by atoms with E-state index in [1.807, 2.05) is 0 Å². The van der Waals surface area contributed by atoms with Gasteiger partial charge in [0.05, 0.1) is 23.6 Å². The first-order valence-corrected chi connectivity index (χ1v) is 5.59. The minimum absolute atomic E-state index is 0.109. The SMILES string of the molecule is CNC(CCOc1cc(F)c([N+](=O)[O-])cc1F)C(N)=O. The molecule has 7 nitrogen and oxygen atoms in total. The molecule has 0 aromatic heterocycles. The Bertz CT molecular complexity index is 525. The summed E-state index contributed by atoms with van der Waals surface area (Å²) >= 11 is 0. The Morgan fingerprint density at radius 1 is 1.50 bits per heavy atom. The summed E-state index contributed by atoms with van der Waals surface area (Å²) in [6, 6.07) is 0.362. The van der Waals surface area contributed by atoms with Crippen molar-refractivity contribution in [1.29, 1.82) is 0 Å². The molecule has 0 bridgehead atoms. The lowest BCUT2D eigenvalue weighted by atomic mass is 10.2. The molecule has 0 aliphatic heterocycles. The lowest BCUT2D eigenvalue weighted by Gasteiger charge is -2.13. The van der Waals surface area contributed by atoms with Crippen molar-refractivity contribution in [3.05, 3.63) is 33.9 Å². The van der Waals surface area contributed by atoms with Crippen molar-refractivity contribution in [1.82, 2.24) is 5.32 Å². The monoisotopic (exact) mass is 289 g/mol. The summed E-state index contributed by atoms with van der Waals surface area (Å²) in [4.78, 5) is 20.3. The number of hydrogen-bond donors (Lipinski definition) is 2. The van der Waals surface area contributed by atoms with Gasteiger partial charge in [-0.05, 0) is 7.05 Å². The van der Waals surface area contributed by atoms with Crippen molar-refractivity contribution in [2.75, 3.05) is 13.7 Å². The van der Waals surface area contributed by atoms with Crippen LogP contribution in [0.4, 0.5) is 14.5 Å². The van der Waals surface area contributed by atoms with E-state index < -0.39 is 39.9 Å². The number of carbonyl (C=O) groups excluding carboxylic acids is 1. The van der Waals surface area contributed by atoms with Crippen LogP contribution in [0.15, 0.2) is 12.1 Å². The average molecular weight is 289 g/mol. The van der Waals surface area contributed by atoms with Gasteiger partial charge >= 0.3 is 5.69 Å². The van der Waals surface area contributed by atoms with Gasteiger partial charge in [0, 0.05) is 12.5 Å². The highest BCUT2D eigenvalue weighted by Crippen LogP contribution is 2.26. The van der Waals surface area contributed by atoms with Gasteiger partial charge in [-0.2, -0.15) is 4.39 Å². The molecular weight excluding hydrogens is 276 g/mol. The third-order valence-electron chi connectivity index (χ3n) is 2.55. The van der Waals surface area contributed by atoms with E-state index in [2.05, 4.69) is 5.32 Å². The van der Waals surface area contributed by atoms with Crippen molar-refractivity contribution >= 4 is 11.6 Å². The summed E-state index contributed by atoms with van der Waals surface area (Å²) in [5.74, 6) is -3.33. The molecule has 0 saturated carbocycles. The van der Waals surface area contributed by atoms with Gasteiger partial charge in [-0.25, -0.2) is 4.39 Å². The van der Waals surface area contributed by atoms with Crippen LogP contribution in [0.3, 0.4) is 0 Å². The number of nitrogens with one attached hydrogen (secondary N) is 1. The third-order valence-corrected chi connectivity index (χ3v) is 2.55. The number of hydrogen-bond acceptors (Lipinski definition) is 5. The minimum atomic E-state index is -1.20. The number of carbonyl (C=O) groups is 1. The molecule has 1 atom stereocenters. The topological polar surface area (TPSA) is 107 Å². The van der Waals surface area contributed by atoms with Crippen molar-refractivity contribution in [3.63, 3.8) is 0 Å². The van der Waals surface area contributed by atoms with Crippen LogP contribution in [0.5, 0.6) is 5.75 Å². The van der Waals surface area contributed by atoms with Crippen LogP contribution in [-0.2, 0) is 4.79 Å². The lowest BCUT2D eigenvalue weighted by molar-refractivity contribution is -0.387. The lowest BCUT2D eigenvalue weighted by Crippen LogP contribution is -2.40.